The van der Waals surface area contributed by atoms with E-state index >= 15 is 0 Å². The highest BCUT2D eigenvalue weighted by atomic mass is 19.1. The standard InChI is InChI=1S/C21H20FN5O2/c1-11(2)14-7-15-10-27(26-19(15)23-9-14)18-8-16(5-6-17(18)22)25-20(28)21-24-12(3)13(4)29-21/h5-11H,1-4H3,(H,25,28). The first-order valence-electron chi connectivity index (χ1n) is 9.22. The smallest absolute Gasteiger partial charge is 0.311 e. The largest absolute Gasteiger partial charge is 0.438 e. The average Bonchev–Trinajstić information content (AvgIpc) is 3.25. The minimum Gasteiger partial charge on any atom is -0.438 e. The number of rotatable bonds is 4. The second-order valence-corrected chi connectivity index (χ2v) is 7.19. The molecule has 0 fully saturated rings. The summed E-state index contributed by atoms with van der Waals surface area (Å²) in [6.07, 6.45) is 3.50. The van der Waals surface area contributed by atoms with Gasteiger partial charge in [0.25, 0.3) is 5.89 Å². The van der Waals surface area contributed by atoms with E-state index in [-0.39, 0.29) is 11.6 Å². The van der Waals surface area contributed by atoms with Gasteiger partial charge in [-0.3, -0.25) is 4.79 Å². The van der Waals surface area contributed by atoms with Crippen molar-refractivity contribution in [3.63, 3.8) is 0 Å². The first kappa shape index (κ1) is 18.8. The molecule has 0 bridgehead atoms. The number of pyridine rings is 1. The van der Waals surface area contributed by atoms with Gasteiger partial charge in [-0.15, -0.1) is 5.10 Å². The lowest BCUT2D eigenvalue weighted by Crippen LogP contribution is -2.13. The molecule has 0 atom stereocenters. The molecule has 1 aromatic carbocycles. The van der Waals surface area contributed by atoms with Gasteiger partial charge >= 0.3 is 5.91 Å². The van der Waals surface area contributed by atoms with E-state index in [1.54, 1.807) is 26.2 Å². The average molecular weight is 393 g/mol. The SMILES string of the molecule is Cc1nc(C(=O)Nc2ccc(F)c(-n3cc4cc(C(C)C)cnc4n3)c2)oc1C. The van der Waals surface area contributed by atoms with Crippen LogP contribution in [-0.4, -0.2) is 25.7 Å². The maximum Gasteiger partial charge on any atom is 0.311 e. The van der Waals surface area contributed by atoms with E-state index in [0.29, 0.717) is 28.7 Å². The van der Waals surface area contributed by atoms with Crippen LogP contribution >= 0.6 is 0 Å². The fourth-order valence-corrected chi connectivity index (χ4v) is 2.89. The van der Waals surface area contributed by atoms with Gasteiger partial charge in [0.15, 0.2) is 5.65 Å². The Bertz CT molecular complexity index is 1210. The number of aromatic nitrogens is 4. The third-order valence-corrected chi connectivity index (χ3v) is 4.72. The van der Waals surface area contributed by atoms with Crippen LogP contribution in [0.5, 0.6) is 0 Å². The van der Waals surface area contributed by atoms with E-state index in [0.717, 1.165) is 10.9 Å². The van der Waals surface area contributed by atoms with Gasteiger partial charge in [0, 0.05) is 23.5 Å². The highest BCUT2D eigenvalue weighted by molar-refractivity contribution is 6.01. The monoisotopic (exact) mass is 393 g/mol. The molecule has 3 aromatic heterocycles. The molecule has 0 aliphatic carbocycles. The van der Waals surface area contributed by atoms with E-state index in [1.165, 1.54) is 22.9 Å². The Labute approximate surface area is 166 Å². The molecule has 0 saturated heterocycles. The quantitative estimate of drug-likeness (QED) is 0.550. The van der Waals surface area contributed by atoms with E-state index in [2.05, 4.69) is 34.2 Å². The van der Waals surface area contributed by atoms with Gasteiger partial charge in [-0.05, 0) is 49.6 Å². The van der Waals surface area contributed by atoms with Crippen LogP contribution in [0.15, 0.2) is 41.1 Å². The summed E-state index contributed by atoms with van der Waals surface area (Å²) in [7, 11) is 0. The molecule has 29 heavy (non-hydrogen) atoms. The number of benzene rings is 1. The van der Waals surface area contributed by atoms with Crippen LogP contribution in [-0.2, 0) is 0 Å². The van der Waals surface area contributed by atoms with Crippen molar-refractivity contribution in [1.29, 1.82) is 0 Å². The molecule has 0 radical (unpaired) electrons. The van der Waals surface area contributed by atoms with Crippen LogP contribution < -0.4 is 5.32 Å². The number of nitrogens with one attached hydrogen (secondary N) is 1. The number of amides is 1. The summed E-state index contributed by atoms with van der Waals surface area (Å²) in [5, 5.41) is 7.85. The Morgan fingerprint density at radius 3 is 2.72 bits per heavy atom. The minimum absolute atomic E-state index is 0.0406. The second-order valence-electron chi connectivity index (χ2n) is 7.19. The minimum atomic E-state index is -0.507. The zero-order valence-electron chi connectivity index (χ0n) is 16.5. The van der Waals surface area contributed by atoms with Gasteiger partial charge in [-0.2, -0.15) is 0 Å². The van der Waals surface area contributed by atoms with E-state index in [1.807, 2.05) is 6.07 Å². The molecule has 1 amide bonds. The van der Waals surface area contributed by atoms with Crippen LogP contribution in [0.25, 0.3) is 16.7 Å². The third kappa shape index (κ3) is 3.61. The van der Waals surface area contributed by atoms with Gasteiger partial charge < -0.3 is 9.73 Å². The summed E-state index contributed by atoms with van der Waals surface area (Å²) in [6.45, 7) is 7.65. The van der Waals surface area contributed by atoms with Gasteiger partial charge in [0.1, 0.15) is 17.3 Å². The predicted molar refractivity (Wildman–Crippen MR) is 107 cm³/mol. The highest BCUT2D eigenvalue weighted by Gasteiger charge is 2.16. The molecule has 0 unspecified atom stereocenters. The van der Waals surface area contributed by atoms with Crippen LogP contribution in [0.2, 0.25) is 0 Å². The number of halogens is 1. The van der Waals surface area contributed by atoms with Crippen molar-refractivity contribution in [3.8, 4) is 5.69 Å². The van der Waals surface area contributed by atoms with E-state index in [4.69, 9.17) is 4.42 Å². The lowest BCUT2D eigenvalue weighted by atomic mass is 10.1. The summed E-state index contributed by atoms with van der Waals surface area (Å²) in [6, 6.07) is 6.24. The Kier molecular flexibility index (Phi) is 4.62. The third-order valence-electron chi connectivity index (χ3n) is 4.72. The molecule has 0 aliphatic rings. The molecule has 1 N–H and O–H groups in total. The molecular weight excluding hydrogens is 373 g/mol. The highest BCUT2D eigenvalue weighted by Crippen LogP contribution is 2.23. The van der Waals surface area contributed by atoms with Crippen LogP contribution in [0.1, 0.15) is 47.5 Å². The Balaban J connectivity index is 1.66. The summed E-state index contributed by atoms with van der Waals surface area (Å²) in [4.78, 5) is 20.8. The number of fused-ring (bicyclic) bond motifs is 1. The van der Waals surface area contributed by atoms with E-state index in [9.17, 15) is 9.18 Å². The fraction of sp³-hybridized carbons (Fsp3) is 0.238. The molecule has 0 aliphatic heterocycles. The van der Waals surface area contributed by atoms with Crippen LogP contribution in [0.3, 0.4) is 0 Å². The zero-order valence-corrected chi connectivity index (χ0v) is 16.5. The lowest BCUT2D eigenvalue weighted by Gasteiger charge is -2.07. The number of hydrogen-bond donors (Lipinski definition) is 1. The van der Waals surface area contributed by atoms with Crippen LogP contribution in [0, 0.1) is 19.7 Å². The molecular formula is C21H20FN5O2. The molecule has 3 heterocycles. The van der Waals surface area contributed by atoms with Gasteiger partial charge in [0.2, 0.25) is 0 Å². The van der Waals surface area contributed by atoms with Crippen molar-refractivity contribution in [2.75, 3.05) is 5.32 Å². The predicted octanol–water partition coefficient (Wildman–Crippen LogP) is 4.54. The number of carbonyl (C=O) groups excluding carboxylic acids is 1. The number of anilines is 1. The molecule has 4 aromatic rings. The zero-order chi connectivity index (χ0) is 20.7. The number of oxazole rings is 1. The van der Waals surface area contributed by atoms with Gasteiger partial charge in [-0.25, -0.2) is 19.0 Å². The van der Waals surface area contributed by atoms with Crippen molar-refractivity contribution < 1.29 is 13.6 Å². The van der Waals surface area contributed by atoms with Crippen molar-refractivity contribution >= 4 is 22.6 Å². The number of carbonyl (C=O) groups is 1. The van der Waals surface area contributed by atoms with Gasteiger partial charge in [0.05, 0.1) is 5.69 Å². The summed E-state index contributed by atoms with van der Waals surface area (Å²) in [5.74, 6) is -0.115. The molecule has 4 rings (SSSR count). The first-order chi connectivity index (χ1) is 13.8. The fourth-order valence-electron chi connectivity index (χ4n) is 2.89. The van der Waals surface area contributed by atoms with Crippen LogP contribution in [0.4, 0.5) is 10.1 Å². The molecule has 0 spiro atoms. The maximum atomic E-state index is 14.5. The summed E-state index contributed by atoms with van der Waals surface area (Å²) >= 11 is 0. The Hall–Kier alpha value is -3.55. The maximum absolute atomic E-state index is 14.5. The Morgan fingerprint density at radius 1 is 1.24 bits per heavy atom. The van der Waals surface area contributed by atoms with Crippen molar-refractivity contribution in [2.24, 2.45) is 0 Å². The lowest BCUT2D eigenvalue weighted by molar-refractivity contribution is 0.0989. The molecule has 8 heteroatoms. The number of hydrogen-bond acceptors (Lipinski definition) is 5. The number of aryl methyl sites for hydroxylation is 2. The molecule has 148 valence electrons. The number of nitrogens with zero attached hydrogens (tertiary/aromatic N) is 4. The van der Waals surface area contributed by atoms with Crippen molar-refractivity contribution in [2.45, 2.75) is 33.6 Å². The molecule has 0 saturated carbocycles. The summed E-state index contributed by atoms with van der Waals surface area (Å²) < 4.78 is 21.2. The Morgan fingerprint density at radius 2 is 2.03 bits per heavy atom. The second kappa shape index (κ2) is 7.12. The van der Waals surface area contributed by atoms with E-state index < -0.39 is 11.7 Å². The summed E-state index contributed by atoms with van der Waals surface area (Å²) in [5.41, 5.74) is 2.84. The van der Waals surface area contributed by atoms with Crippen molar-refractivity contribution in [3.05, 3.63) is 65.4 Å². The normalized spacial score (nSPS) is 11.4. The molecule has 7 nitrogen and oxygen atoms in total. The van der Waals surface area contributed by atoms with Gasteiger partial charge in [-0.1, -0.05) is 13.8 Å². The first-order valence-corrected chi connectivity index (χ1v) is 9.22. The topological polar surface area (TPSA) is 85.8 Å². The van der Waals surface area contributed by atoms with Crippen molar-refractivity contribution in [1.82, 2.24) is 19.7 Å².